The predicted octanol–water partition coefficient (Wildman–Crippen LogP) is 2.84. The number of ether oxygens (including phenoxy) is 1. The number of amides is 1. The molecule has 0 spiro atoms. The van der Waals surface area contributed by atoms with Gasteiger partial charge in [-0.3, -0.25) is 4.79 Å². The second kappa shape index (κ2) is 7.35. The summed E-state index contributed by atoms with van der Waals surface area (Å²) < 4.78 is 11.1. The molecule has 2 atom stereocenters. The molecule has 1 aromatic carbocycles. The highest BCUT2D eigenvalue weighted by molar-refractivity contribution is 5.76. The summed E-state index contributed by atoms with van der Waals surface area (Å²) in [4.78, 5) is 19.0. The van der Waals surface area contributed by atoms with E-state index in [1.54, 1.807) is 0 Å². The van der Waals surface area contributed by atoms with Crippen LogP contribution < -0.4 is 0 Å². The van der Waals surface area contributed by atoms with Crippen LogP contribution in [0, 0.1) is 0 Å². The molecule has 2 aromatic rings. The summed E-state index contributed by atoms with van der Waals surface area (Å²) in [6.07, 6.45) is 5.44. The Morgan fingerprint density at radius 2 is 2.12 bits per heavy atom. The number of fused-ring (bicyclic) bond motifs is 1. The first-order valence-electron chi connectivity index (χ1n) is 9.10. The summed E-state index contributed by atoms with van der Waals surface area (Å²) in [5.74, 6) is 1.42. The van der Waals surface area contributed by atoms with Gasteiger partial charge in [0.05, 0.1) is 18.8 Å². The maximum absolute atomic E-state index is 12.6. The van der Waals surface area contributed by atoms with Crippen molar-refractivity contribution in [2.75, 3.05) is 13.2 Å². The van der Waals surface area contributed by atoms with Crippen molar-refractivity contribution in [2.45, 2.75) is 50.7 Å². The molecule has 0 unspecified atom stereocenters. The molecule has 132 valence electrons. The molecule has 1 aliphatic carbocycles. The Morgan fingerprint density at radius 1 is 1.24 bits per heavy atom. The van der Waals surface area contributed by atoms with E-state index in [9.17, 15) is 4.79 Å². The Balaban J connectivity index is 1.29. The van der Waals surface area contributed by atoms with Crippen molar-refractivity contribution in [3.05, 3.63) is 36.2 Å². The van der Waals surface area contributed by atoms with Crippen LogP contribution in [0.3, 0.4) is 0 Å². The topological polar surface area (TPSA) is 68.5 Å². The lowest BCUT2D eigenvalue weighted by Crippen LogP contribution is -2.51. The SMILES string of the molecule is O=C(CCCc1nc(-c2ccccc2)no1)N1CCO[C@@H]2CCC[C@H]21. The molecule has 1 saturated carbocycles. The van der Waals surface area contributed by atoms with E-state index in [4.69, 9.17) is 9.26 Å². The predicted molar refractivity (Wildman–Crippen MR) is 91.8 cm³/mol. The van der Waals surface area contributed by atoms with Crippen LogP contribution in [-0.4, -0.2) is 46.2 Å². The minimum absolute atomic E-state index is 0.225. The Kier molecular flexibility index (Phi) is 4.78. The van der Waals surface area contributed by atoms with Crippen molar-refractivity contribution in [2.24, 2.45) is 0 Å². The van der Waals surface area contributed by atoms with Gasteiger partial charge in [0.2, 0.25) is 17.6 Å². The van der Waals surface area contributed by atoms with Crippen molar-refractivity contribution < 1.29 is 14.1 Å². The van der Waals surface area contributed by atoms with Gasteiger partial charge in [-0.15, -0.1) is 0 Å². The lowest BCUT2D eigenvalue weighted by molar-refractivity contribution is -0.144. The Morgan fingerprint density at radius 3 is 3.00 bits per heavy atom. The third-order valence-corrected chi connectivity index (χ3v) is 5.08. The molecule has 1 aromatic heterocycles. The zero-order valence-electron chi connectivity index (χ0n) is 14.3. The van der Waals surface area contributed by atoms with Gasteiger partial charge in [-0.1, -0.05) is 35.5 Å². The Labute approximate surface area is 147 Å². The Hall–Kier alpha value is -2.21. The van der Waals surface area contributed by atoms with Crippen LogP contribution in [0.5, 0.6) is 0 Å². The summed E-state index contributed by atoms with van der Waals surface area (Å²) >= 11 is 0. The quantitative estimate of drug-likeness (QED) is 0.836. The lowest BCUT2D eigenvalue weighted by atomic mass is 10.1. The van der Waals surface area contributed by atoms with E-state index in [0.29, 0.717) is 31.2 Å². The number of benzene rings is 1. The Bertz CT molecular complexity index is 716. The number of rotatable bonds is 5. The van der Waals surface area contributed by atoms with Crippen LogP contribution >= 0.6 is 0 Å². The summed E-state index contributed by atoms with van der Waals surface area (Å²) in [6.45, 7) is 1.38. The first-order valence-corrected chi connectivity index (χ1v) is 9.10. The summed E-state index contributed by atoms with van der Waals surface area (Å²) in [6, 6.07) is 10.0. The van der Waals surface area contributed by atoms with Gasteiger partial charge >= 0.3 is 0 Å². The zero-order valence-corrected chi connectivity index (χ0v) is 14.3. The van der Waals surface area contributed by atoms with Crippen molar-refractivity contribution in [1.29, 1.82) is 0 Å². The van der Waals surface area contributed by atoms with E-state index < -0.39 is 0 Å². The smallest absolute Gasteiger partial charge is 0.226 e. The molecule has 25 heavy (non-hydrogen) atoms. The van der Waals surface area contributed by atoms with E-state index in [1.165, 1.54) is 0 Å². The molecule has 6 nitrogen and oxygen atoms in total. The minimum Gasteiger partial charge on any atom is -0.374 e. The molecule has 2 heterocycles. The number of nitrogens with zero attached hydrogens (tertiary/aromatic N) is 3. The van der Waals surface area contributed by atoms with Crippen molar-refractivity contribution in [1.82, 2.24) is 15.0 Å². The molecule has 1 amide bonds. The highest BCUT2D eigenvalue weighted by Gasteiger charge is 2.37. The van der Waals surface area contributed by atoms with Gasteiger partial charge in [0.15, 0.2) is 0 Å². The number of hydrogen-bond acceptors (Lipinski definition) is 5. The molecule has 2 aliphatic rings. The molecule has 0 radical (unpaired) electrons. The van der Waals surface area contributed by atoms with Gasteiger partial charge in [-0.2, -0.15) is 4.98 Å². The normalized spacial score (nSPS) is 22.8. The third kappa shape index (κ3) is 3.58. The molecule has 0 N–H and O–H groups in total. The van der Waals surface area contributed by atoms with Gasteiger partial charge in [-0.25, -0.2) is 0 Å². The average Bonchev–Trinajstić information content (AvgIpc) is 3.31. The first-order chi connectivity index (χ1) is 12.3. The molecule has 1 saturated heterocycles. The molecule has 1 aliphatic heterocycles. The fraction of sp³-hybridized carbons (Fsp3) is 0.526. The van der Waals surface area contributed by atoms with E-state index >= 15 is 0 Å². The van der Waals surface area contributed by atoms with Crippen molar-refractivity contribution in [3.8, 4) is 11.4 Å². The second-order valence-corrected chi connectivity index (χ2v) is 6.73. The van der Waals surface area contributed by atoms with E-state index in [2.05, 4.69) is 10.1 Å². The van der Waals surface area contributed by atoms with E-state index in [-0.39, 0.29) is 18.1 Å². The number of aryl methyl sites for hydroxylation is 1. The second-order valence-electron chi connectivity index (χ2n) is 6.73. The zero-order chi connectivity index (χ0) is 17.1. The molecule has 6 heteroatoms. The highest BCUT2D eigenvalue weighted by Crippen LogP contribution is 2.30. The summed E-state index contributed by atoms with van der Waals surface area (Å²) in [5.41, 5.74) is 0.939. The fourth-order valence-corrected chi connectivity index (χ4v) is 3.83. The van der Waals surface area contributed by atoms with Crippen molar-refractivity contribution >= 4 is 5.91 Å². The highest BCUT2D eigenvalue weighted by atomic mass is 16.5. The number of hydrogen-bond donors (Lipinski definition) is 0. The molecular weight excluding hydrogens is 318 g/mol. The van der Waals surface area contributed by atoms with Crippen LogP contribution in [0.25, 0.3) is 11.4 Å². The fourth-order valence-electron chi connectivity index (χ4n) is 3.83. The largest absolute Gasteiger partial charge is 0.374 e. The van der Waals surface area contributed by atoms with Gasteiger partial charge < -0.3 is 14.2 Å². The molecule has 2 fully saturated rings. The number of morpholine rings is 1. The molecule has 4 rings (SSSR count). The van der Waals surface area contributed by atoms with E-state index in [1.807, 2.05) is 35.2 Å². The molecular formula is C19H23N3O3. The summed E-state index contributed by atoms with van der Waals surface area (Å²) in [7, 11) is 0. The summed E-state index contributed by atoms with van der Waals surface area (Å²) in [5, 5.41) is 4.02. The number of carbonyl (C=O) groups excluding carboxylic acids is 1. The number of carbonyl (C=O) groups is 1. The van der Waals surface area contributed by atoms with Crippen LogP contribution in [0.15, 0.2) is 34.9 Å². The maximum Gasteiger partial charge on any atom is 0.226 e. The van der Waals surface area contributed by atoms with Gasteiger partial charge in [-0.05, 0) is 25.7 Å². The monoisotopic (exact) mass is 341 g/mol. The van der Waals surface area contributed by atoms with Crippen molar-refractivity contribution in [3.63, 3.8) is 0 Å². The van der Waals surface area contributed by atoms with Gasteiger partial charge in [0.25, 0.3) is 0 Å². The first kappa shape index (κ1) is 16.3. The third-order valence-electron chi connectivity index (χ3n) is 5.08. The average molecular weight is 341 g/mol. The van der Waals surface area contributed by atoms with Crippen LogP contribution in [-0.2, 0) is 16.0 Å². The minimum atomic E-state index is 0.225. The van der Waals surface area contributed by atoms with Crippen LogP contribution in [0.4, 0.5) is 0 Å². The number of aromatic nitrogens is 2. The van der Waals surface area contributed by atoms with Gasteiger partial charge in [0, 0.05) is 24.9 Å². The van der Waals surface area contributed by atoms with Crippen LogP contribution in [0.1, 0.15) is 38.0 Å². The van der Waals surface area contributed by atoms with E-state index in [0.717, 1.165) is 37.8 Å². The lowest BCUT2D eigenvalue weighted by Gasteiger charge is -2.37. The van der Waals surface area contributed by atoms with Crippen LogP contribution in [0.2, 0.25) is 0 Å². The maximum atomic E-state index is 12.6. The molecule has 0 bridgehead atoms. The standard InChI is InChI=1S/C19H23N3O3/c23-18(22-12-13-24-16-9-4-8-15(16)22)11-5-10-17-20-19(21-25-17)14-6-2-1-3-7-14/h1-3,6-7,15-16H,4-5,8-13H2/t15-,16-/m1/s1. The van der Waals surface area contributed by atoms with Gasteiger partial charge in [0.1, 0.15) is 0 Å².